The standard InChI is InChI=1S/C11H20O2/c1-6-8(2)9(12)7-10(13)11(3,4)5/h8H,6-7H2,1-5H3. The van der Waals surface area contributed by atoms with Crippen LogP contribution >= 0.6 is 0 Å². The summed E-state index contributed by atoms with van der Waals surface area (Å²) < 4.78 is 0. The van der Waals surface area contributed by atoms with Crippen LogP contribution in [-0.4, -0.2) is 11.6 Å². The lowest BCUT2D eigenvalue weighted by atomic mass is 9.86. The lowest BCUT2D eigenvalue weighted by Crippen LogP contribution is -2.25. The van der Waals surface area contributed by atoms with Crippen LogP contribution in [-0.2, 0) is 9.59 Å². The van der Waals surface area contributed by atoms with Crippen molar-refractivity contribution in [3.05, 3.63) is 0 Å². The van der Waals surface area contributed by atoms with Crippen molar-refractivity contribution < 1.29 is 9.59 Å². The number of hydrogen-bond acceptors (Lipinski definition) is 2. The fourth-order valence-electron chi connectivity index (χ4n) is 0.825. The van der Waals surface area contributed by atoms with E-state index < -0.39 is 0 Å². The molecule has 0 aliphatic rings. The van der Waals surface area contributed by atoms with E-state index in [0.29, 0.717) is 0 Å². The summed E-state index contributed by atoms with van der Waals surface area (Å²) in [5.41, 5.74) is -0.386. The van der Waals surface area contributed by atoms with Gasteiger partial charge < -0.3 is 0 Å². The molecule has 0 amide bonds. The Morgan fingerprint density at radius 1 is 1.23 bits per heavy atom. The van der Waals surface area contributed by atoms with Crippen molar-refractivity contribution in [1.29, 1.82) is 0 Å². The van der Waals surface area contributed by atoms with Crippen molar-refractivity contribution in [2.45, 2.75) is 47.5 Å². The van der Waals surface area contributed by atoms with Gasteiger partial charge in [-0.25, -0.2) is 0 Å². The highest BCUT2D eigenvalue weighted by molar-refractivity contribution is 6.02. The maximum absolute atomic E-state index is 11.5. The van der Waals surface area contributed by atoms with Crippen LogP contribution < -0.4 is 0 Å². The summed E-state index contributed by atoms with van der Waals surface area (Å²) in [7, 11) is 0. The molecule has 0 aromatic rings. The second-order valence-corrected chi connectivity index (χ2v) is 4.63. The summed E-state index contributed by atoms with van der Waals surface area (Å²) in [6.07, 6.45) is 0.911. The highest BCUT2D eigenvalue weighted by atomic mass is 16.1. The first-order chi connectivity index (χ1) is 5.79. The zero-order chi connectivity index (χ0) is 10.6. The van der Waals surface area contributed by atoms with E-state index in [1.807, 2.05) is 34.6 Å². The molecule has 0 N–H and O–H groups in total. The van der Waals surface area contributed by atoms with Gasteiger partial charge >= 0.3 is 0 Å². The van der Waals surface area contributed by atoms with Crippen LogP contribution in [0.15, 0.2) is 0 Å². The average Bonchev–Trinajstić information content (AvgIpc) is 2.01. The lowest BCUT2D eigenvalue weighted by Gasteiger charge is -2.17. The van der Waals surface area contributed by atoms with Crippen LogP contribution in [0.1, 0.15) is 47.5 Å². The fourth-order valence-corrected chi connectivity index (χ4v) is 0.825. The Balaban J connectivity index is 4.16. The maximum Gasteiger partial charge on any atom is 0.145 e. The van der Waals surface area contributed by atoms with Gasteiger partial charge in [0.2, 0.25) is 0 Å². The third-order valence-electron chi connectivity index (χ3n) is 2.33. The topological polar surface area (TPSA) is 34.1 Å². The molecule has 0 saturated heterocycles. The SMILES string of the molecule is CCC(C)C(=O)CC(=O)C(C)(C)C. The molecule has 0 aromatic carbocycles. The Labute approximate surface area is 80.7 Å². The Hall–Kier alpha value is -0.660. The van der Waals surface area contributed by atoms with Crippen molar-refractivity contribution in [1.82, 2.24) is 0 Å². The van der Waals surface area contributed by atoms with E-state index in [2.05, 4.69) is 0 Å². The van der Waals surface area contributed by atoms with Crippen molar-refractivity contribution in [3.8, 4) is 0 Å². The summed E-state index contributed by atoms with van der Waals surface area (Å²) in [5, 5.41) is 0. The quantitative estimate of drug-likeness (QED) is 0.629. The van der Waals surface area contributed by atoms with Gasteiger partial charge in [-0.2, -0.15) is 0 Å². The number of carbonyl (C=O) groups excluding carboxylic acids is 2. The van der Waals surface area contributed by atoms with Crippen LogP contribution in [0.2, 0.25) is 0 Å². The summed E-state index contributed by atoms with van der Waals surface area (Å²) >= 11 is 0. The molecule has 0 saturated carbocycles. The van der Waals surface area contributed by atoms with E-state index in [1.165, 1.54) is 0 Å². The van der Waals surface area contributed by atoms with Crippen molar-refractivity contribution >= 4 is 11.6 Å². The summed E-state index contributed by atoms with van der Waals surface area (Å²) in [6.45, 7) is 9.38. The Morgan fingerprint density at radius 3 is 2.00 bits per heavy atom. The predicted octanol–water partition coefficient (Wildman–Crippen LogP) is 2.61. The molecule has 1 atom stereocenters. The molecule has 0 aromatic heterocycles. The second kappa shape index (κ2) is 4.54. The van der Waals surface area contributed by atoms with Crippen LogP contribution in [0.3, 0.4) is 0 Å². The minimum atomic E-state index is -0.386. The third kappa shape index (κ3) is 4.20. The van der Waals surface area contributed by atoms with Gasteiger partial charge in [-0.3, -0.25) is 9.59 Å². The molecule has 0 radical (unpaired) electrons. The number of hydrogen-bond donors (Lipinski definition) is 0. The molecule has 0 fully saturated rings. The molecule has 13 heavy (non-hydrogen) atoms. The first-order valence-corrected chi connectivity index (χ1v) is 4.85. The number of carbonyl (C=O) groups is 2. The monoisotopic (exact) mass is 184 g/mol. The number of ketones is 2. The minimum absolute atomic E-state index is 0.0197. The molecule has 0 spiro atoms. The zero-order valence-electron chi connectivity index (χ0n) is 9.31. The lowest BCUT2D eigenvalue weighted by molar-refractivity contribution is -0.133. The minimum Gasteiger partial charge on any atom is -0.299 e. The molecule has 0 heterocycles. The predicted molar refractivity (Wildman–Crippen MR) is 53.5 cm³/mol. The van der Waals surface area contributed by atoms with Gasteiger partial charge in [0, 0.05) is 11.3 Å². The molecular weight excluding hydrogens is 164 g/mol. The molecule has 0 rings (SSSR count). The summed E-state index contributed by atoms with van der Waals surface area (Å²) in [4.78, 5) is 22.9. The van der Waals surface area contributed by atoms with Gasteiger partial charge in [0.25, 0.3) is 0 Å². The largest absolute Gasteiger partial charge is 0.299 e. The average molecular weight is 184 g/mol. The molecule has 2 nitrogen and oxygen atoms in total. The Kier molecular flexibility index (Phi) is 4.31. The first-order valence-electron chi connectivity index (χ1n) is 4.85. The smallest absolute Gasteiger partial charge is 0.145 e. The first kappa shape index (κ1) is 12.3. The van der Waals surface area contributed by atoms with Crippen LogP contribution in [0.25, 0.3) is 0 Å². The Morgan fingerprint density at radius 2 is 1.69 bits per heavy atom. The van der Waals surface area contributed by atoms with Crippen LogP contribution in [0, 0.1) is 11.3 Å². The van der Waals surface area contributed by atoms with Crippen molar-refractivity contribution in [2.24, 2.45) is 11.3 Å². The second-order valence-electron chi connectivity index (χ2n) is 4.63. The highest BCUT2D eigenvalue weighted by Gasteiger charge is 2.24. The molecule has 1 unspecified atom stereocenters. The van der Waals surface area contributed by atoms with E-state index >= 15 is 0 Å². The van der Waals surface area contributed by atoms with E-state index in [0.717, 1.165) is 6.42 Å². The molecule has 0 bridgehead atoms. The number of rotatable bonds is 4. The molecule has 2 heteroatoms. The third-order valence-corrected chi connectivity index (χ3v) is 2.33. The Bertz CT molecular complexity index is 199. The molecule has 0 aliphatic carbocycles. The van der Waals surface area contributed by atoms with Gasteiger partial charge in [0.15, 0.2) is 0 Å². The van der Waals surface area contributed by atoms with Gasteiger partial charge in [-0.15, -0.1) is 0 Å². The van der Waals surface area contributed by atoms with Crippen molar-refractivity contribution in [3.63, 3.8) is 0 Å². The van der Waals surface area contributed by atoms with Crippen LogP contribution in [0.4, 0.5) is 0 Å². The summed E-state index contributed by atoms with van der Waals surface area (Å²) in [6, 6.07) is 0. The van der Waals surface area contributed by atoms with Crippen molar-refractivity contribution in [2.75, 3.05) is 0 Å². The van der Waals surface area contributed by atoms with Gasteiger partial charge in [-0.1, -0.05) is 34.6 Å². The summed E-state index contributed by atoms with van der Waals surface area (Å²) in [5.74, 6) is 0.131. The normalized spacial score (nSPS) is 13.9. The van der Waals surface area contributed by atoms with E-state index in [9.17, 15) is 9.59 Å². The van der Waals surface area contributed by atoms with E-state index in [1.54, 1.807) is 0 Å². The van der Waals surface area contributed by atoms with Gasteiger partial charge in [-0.05, 0) is 6.42 Å². The van der Waals surface area contributed by atoms with Gasteiger partial charge in [0.1, 0.15) is 11.6 Å². The molecule has 76 valence electrons. The molecule has 0 aliphatic heterocycles. The number of Topliss-reactive ketones (excluding diaryl/α,β-unsaturated/α-hetero) is 2. The van der Waals surface area contributed by atoms with E-state index in [-0.39, 0.29) is 29.3 Å². The fraction of sp³-hybridized carbons (Fsp3) is 0.818. The zero-order valence-corrected chi connectivity index (χ0v) is 9.31. The van der Waals surface area contributed by atoms with E-state index in [4.69, 9.17) is 0 Å². The highest BCUT2D eigenvalue weighted by Crippen LogP contribution is 2.18. The molecular formula is C11H20O2. The van der Waals surface area contributed by atoms with Crippen LogP contribution in [0.5, 0.6) is 0 Å². The maximum atomic E-state index is 11.5. The van der Waals surface area contributed by atoms with Gasteiger partial charge in [0.05, 0.1) is 6.42 Å².